The minimum atomic E-state index is 0.581. The lowest BCUT2D eigenvalue weighted by molar-refractivity contribution is 0.520. The summed E-state index contributed by atoms with van der Waals surface area (Å²) in [5.41, 5.74) is 1.27. The molecular weight excluding hydrogens is 206 g/mol. The molecule has 1 unspecified atom stereocenters. The van der Waals surface area contributed by atoms with Crippen LogP contribution in [0.1, 0.15) is 26.0 Å². The van der Waals surface area contributed by atoms with Crippen LogP contribution in [-0.4, -0.2) is 27.6 Å². The Balaban J connectivity index is 2.30. The Bertz CT molecular complexity index is 273. The first-order valence-corrected chi connectivity index (χ1v) is 6.88. The number of nitrogens with one attached hydrogen (secondary N) is 1. The molecule has 0 bridgehead atoms. The molecule has 0 aliphatic heterocycles. The number of aromatic nitrogens is 2. The second kappa shape index (κ2) is 6.90. The molecule has 1 heterocycles. The first-order chi connectivity index (χ1) is 7.27. The SMILES string of the molecule is CCn1cncc1CNC(C)CCSC. The Morgan fingerprint density at radius 3 is 3.07 bits per heavy atom. The van der Waals surface area contributed by atoms with Crippen LogP contribution < -0.4 is 5.32 Å². The van der Waals surface area contributed by atoms with Gasteiger partial charge in [-0.15, -0.1) is 0 Å². The van der Waals surface area contributed by atoms with Gasteiger partial charge in [0, 0.05) is 25.3 Å². The van der Waals surface area contributed by atoms with Crippen molar-refractivity contribution in [3.8, 4) is 0 Å². The largest absolute Gasteiger partial charge is 0.334 e. The number of imidazole rings is 1. The Morgan fingerprint density at radius 1 is 1.60 bits per heavy atom. The first kappa shape index (κ1) is 12.6. The summed E-state index contributed by atoms with van der Waals surface area (Å²) in [6.45, 7) is 6.30. The van der Waals surface area contributed by atoms with Gasteiger partial charge in [0.15, 0.2) is 0 Å². The van der Waals surface area contributed by atoms with Crippen molar-refractivity contribution < 1.29 is 0 Å². The van der Waals surface area contributed by atoms with E-state index in [1.807, 2.05) is 24.3 Å². The van der Waals surface area contributed by atoms with Gasteiger partial charge in [-0.3, -0.25) is 0 Å². The summed E-state index contributed by atoms with van der Waals surface area (Å²) in [5, 5.41) is 3.52. The fraction of sp³-hybridized carbons (Fsp3) is 0.727. The minimum Gasteiger partial charge on any atom is -0.334 e. The number of hydrogen-bond donors (Lipinski definition) is 1. The summed E-state index contributed by atoms with van der Waals surface area (Å²) < 4.78 is 2.17. The van der Waals surface area contributed by atoms with Crippen molar-refractivity contribution in [3.63, 3.8) is 0 Å². The van der Waals surface area contributed by atoms with E-state index in [0.29, 0.717) is 6.04 Å². The quantitative estimate of drug-likeness (QED) is 0.774. The predicted molar refractivity (Wildman–Crippen MR) is 67.2 cm³/mol. The number of thioether (sulfide) groups is 1. The molecular formula is C11H21N3S. The van der Waals surface area contributed by atoms with Crippen LogP contribution in [0.4, 0.5) is 0 Å². The van der Waals surface area contributed by atoms with Crippen LogP contribution in [0.25, 0.3) is 0 Å². The lowest BCUT2D eigenvalue weighted by atomic mass is 10.2. The van der Waals surface area contributed by atoms with Crippen LogP contribution in [0.15, 0.2) is 12.5 Å². The van der Waals surface area contributed by atoms with Crippen LogP contribution in [0.3, 0.4) is 0 Å². The van der Waals surface area contributed by atoms with E-state index in [1.54, 1.807) is 0 Å². The van der Waals surface area contributed by atoms with Crippen LogP contribution in [-0.2, 0) is 13.1 Å². The van der Waals surface area contributed by atoms with Gasteiger partial charge in [-0.05, 0) is 32.3 Å². The maximum Gasteiger partial charge on any atom is 0.0948 e. The molecule has 86 valence electrons. The topological polar surface area (TPSA) is 29.9 Å². The maximum absolute atomic E-state index is 4.15. The van der Waals surface area contributed by atoms with E-state index in [4.69, 9.17) is 0 Å². The molecule has 0 amide bonds. The summed E-state index contributed by atoms with van der Waals surface area (Å²) in [6.07, 6.45) is 7.21. The summed E-state index contributed by atoms with van der Waals surface area (Å²) in [4.78, 5) is 4.15. The van der Waals surface area contributed by atoms with Gasteiger partial charge in [-0.25, -0.2) is 4.98 Å². The molecule has 0 radical (unpaired) electrons. The molecule has 1 aromatic rings. The number of aryl methyl sites for hydroxylation is 1. The van der Waals surface area contributed by atoms with Gasteiger partial charge >= 0.3 is 0 Å². The molecule has 0 saturated carbocycles. The fourth-order valence-corrected chi connectivity index (χ4v) is 2.04. The van der Waals surface area contributed by atoms with Gasteiger partial charge in [-0.2, -0.15) is 11.8 Å². The molecule has 0 aromatic carbocycles. The van der Waals surface area contributed by atoms with Crippen molar-refractivity contribution in [2.75, 3.05) is 12.0 Å². The zero-order valence-electron chi connectivity index (χ0n) is 9.86. The van der Waals surface area contributed by atoms with Crippen molar-refractivity contribution in [1.29, 1.82) is 0 Å². The smallest absolute Gasteiger partial charge is 0.0948 e. The van der Waals surface area contributed by atoms with Gasteiger partial charge in [0.1, 0.15) is 0 Å². The number of rotatable bonds is 7. The standard InChI is InChI=1S/C11H21N3S/c1-4-14-9-12-7-11(14)8-13-10(2)5-6-15-3/h7,9-10,13H,4-6,8H2,1-3H3. The van der Waals surface area contributed by atoms with E-state index < -0.39 is 0 Å². The highest BCUT2D eigenvalue weighted by atomic mass is 32.2. The van der Waals surface area contributed by atoms with Crippen molar-refractivity contribution in [3.05, 3.63) is 18.2 Å². The zero-order chi connectivity index (χ0) is 11.1. The summed E-state index contributed by atoms with van der Waals surface area (Å²) in [7, 11) is 0. The van der Waals surface area contributed by atoms with Gasteiger partial charge in [-0.1, -0.05) is 0 Å². The first-order valence-electron chi connectivity index (χ1n) is 5.49. The van der Waals surface area contributed by atoms with E-state index >= 15 is 0 Å². The molecule has 3 nitrogen and oxygen atoms in total. The van der Waals surface area contributed by atoms with Crippen LogP contribution in [0.2, 0.25) is 0 Å². The van der Waals surface area contributed by atoms with E-state index in [-0.39, 0.29) is 0 Å². The molecule has 1 N–H and O–H groups in total. The van der Waals surface area contributed by atoms with E-state index in [2.05, 4.69) is 35.0 Å². The predicted octanol–water partition coefficient (Wildman–Crippen LogP) is 2.13. The van der Waals surface area contributed by atoms with Gasteiger partial charge in [0.2, 0.25) is 0 Å². The average Bonchev–Trinajstić information content (AvgIpc) is 2.70. The van der Waals surface area contributed by atoms with Crippen LogP contribution >= 0.6 is 11.8 Å². The second-order valence-electron chi connectivity index (χ2n) is 3.73. The lowest BCUT2D eigenvalue weighted by Gasteiger charge is -2.13. The number of nitrogens with zero attached hydrogens (tertiary/aromatic N) is 2. The molecule has 0 spiro atoms. The Labute approximate surface area is 96.7 Å². The summed E-state index contributed by atoms with van der Waals surface area (Å²) >= 11 is 1.90. The molecule has 0 aliphatic rings. The highest BCUT2D eigenvalue weighted by Crippen LogP contribution is 2.03. The second-order valence-corrected chi connectivity index (χ2v) is 4.72. The maximum atomic E-state index is 4.15. The van der Waals surface area contributed by atoms with Crippen molar-refractivity contribution >= 4 is 11.8 Å². The Morgan fingerprint density at radius 2 is 2.40 bits per heavy atom. The third-order valence-corrected chi connectivity index (χ3v) is 3.17. The molecule has 0 saturated heterocycles. The molecule has 0 fully saturated rings. The fourth-order valence-electron chi connectivity index (χ4n) is 1.46. The number of hydrogen-bond acceptors (Lipinski definition) is 3. The summed E-state index contributed by atoms with van der Waals surface area (Å²) in [6, 6.07) is 0.581. The van der Waals surface area contributed by atoms with E-state index in [9.17, 15) is 0 Å². The van der Waals surface area contributed by atoms with Crippen LogP contribution in [0.5, 0.6) is 0 Å². The van der Waals surface area contributed by atoms with Crippen molar-refractivity contribution in [2.24, 2.45) is 0 Å². The Hall–Kier alpha value is -0.480. The molecule has 1 aromatic heterocycles. The highest BCUT2D eigenvalue weighted by Gasteiger charge is 2.03. The molecule has 4 heteroatoms. The molecule has 1 rings (SSSR count). The third-order valence-electron chi connectivity index (χ3n) is 2.53. The minimum absolute atomic E-state index is 0.581. The normalized spacial score (nSPS) is 13.0. The van der Waals surface area contributed by atoms with Crippen molar-refractivity contribution in [1.82, 2.24) is 14.9 Å². The lowest BCUT2D eigenvalue weighted by Crippen LogP contribution is -2.27. The van der Waals surface area contributed by atoms with E-state index in [0.717, 1.165) is 13.1 Å². The van der Waals surface area contributed by atoms with Crippen LogP contribution in [0, 0.1) is 0 Å². The zero-order valence-corrected chi connectivity index (χ0v) is 10.7. The highest BCUT2D eigenvalue weighted by molar-refractivity contribution is 7.98. The average molecular weight is 227 g/mol. The summed E-state index contributed by atoms with van der Waals surface area (Å²) in [5.74, 6) is 1.22. The van der Waals surface area contributed by atoms with Gasteiger partial charge < -0.3 is 9.88 Å². The third kappa shape index (κ3) is 4.26. The van der Waals surface area contributed by atoms with Gasteiger partial charge in [0.05, 0.1) is 12.0 Å². The van der Waals surface area contributed by atoms with Gasteiger partial charge in [0.25, 0.3) is 0 Å². The molecule has 0 aliphatic carbocycles. The molecule has 15 heavy (non-hydrogen) atoms. The molecule has 1 atom stereocenters. The Kier molecular flexibility index (Phi) is 5.79. The monoisotopic (exact) mass is 227 g/mol. The van der Waals surface area contributed by atoms with E-state index in [1.165, 1.54) is 17.9 Å². The van der Waals surface area contributed by atoms with Crippen molar-refractivity contribution in [2.45, 2.75) is 39.4 Å².